The molecule has 0 spiro atoms. The van der Waals surface area contributed by atoms with Crippen molar-refractivity contribution in [1.82, 2.24) is 9.78 Å². The van der Waals surface area contributed by atoms with Gasteiger partial charge in [-0.3, -0.25) is 4.79 Å². The topological polar surface area (TPSA) is 116 Å². The van der Waals surface area contributed by atoms with Gasteiger partial charge in [-0.1, -0.05) is 11.6 Å². The minimum Gasteiger partial charge on any atom is -0.493 e. The van der Waals surface area contributed by atoms with E-state index in [2.05, 4.69) is 5.10 Å². The molecule has 1 heterocycles. The largest absolute Gasteiger partial charge is 0.493 e. The van der Waals surface area contributed by atoms with Gasteiger partial charge in [-0.25, -0.2) is 17.9 Å². The minimum absolute atomic E-state index is 0.0000679. The number of carbonyl (C=O) groups excluding carboxylic acids is 2. The van der Waals surface area contributed by atoms with Crippen LogP contribution in [-0.4, -0.2) is 47.9 Å². The summed E-state index contributed by atoms with van der Waals surface area (Å²) in [6, 6.07) is 2.28. The van der Waals surface area contributed by atoms with Crippen molar-refractivity contribution in [2.75, 3.05) is 12.9 Å². The fraction of sp³-hybridized carbons (Fsp3) is 0.267. The molecule has 0 radical (unpaired) electrons. The van der Waals surface area contributed by atoms with Crippen molar-refractivity contribution >= 4 is 33.2 Å². The van der Waals surface area contributed by atoms with E-state index in [0.29, 0.717) is 0 Å². The van der Waals surface area contributed by atoms with Gasteiger partial charge in [-0.05, 0) is 19.1 Å². The molecule has 0 saturated heterocycles. The number of aryl methyl sites for hydroxylation is 1. The molecule has 10 heteroatoms. The maximum absolute atomic E-state index is 12.6. The Hall–Kier alpha value is -2.39. The number of halogens is 1. The van der Waals surface area contributed by atoms with Crippen LogP contribution < -0.4 is 0 Å². The second-order valence-electron chi connectivity index (χ2n) is 5.13. The number of ketones is 1. The number of hydrogen-bond acceptors (Lipinski definition) is 7. The van der Waals surface area contributed by atoms with Crippen LogP contribution >= 0.6 is 11.6 Å². The molecule has 0 aliphatic carbocycles. The first-order valence-electron chi connectivity index (χ1n) is 7.04. The molecule has 25 heavy (non-hydrogen) atoms. The highest BCUT2D eigenvalue weighted by atomic mass is 35.5. The Bertz CT molecular complexity index is 965. The maximum atomic E-state index is 12.6. The third kappa shape index (κ3) is 3.52. The average Bonchev–Trinajstić information content (AvgIpc) is 2.85. The van der Waals surface area contributed by atoms with E-state index in [1.165, 1.54) is 13.1 Å². The van der Waals surface area contributed by atoms with Crippen molar-refractivity contribution in [3.63, 3.8) is 0 Å². The van der Waals surface area contributed by atoms with E-state index in [-0.39, 0.29) is 33.5 Å². The number of hydrogen-bond donors (Lipinski definition) is 1. The number of ether oxygens (including phenoxy) is 1. The summed E-state index contributed by atoms with van der Waals surface area (Å²) in [5.74, 6) is -2.05. The number of aromatic nitrogens is 2. The molecule has 0 saturated carbocycles. The lowest BCUT2D eigenvalue weighted by atomic mass is 10.0. The predicted octanol–water partition coefficient (Wildman–Crippen LogP) is 1.59. The molecule has 1 aromatic carbocycles. The first kappa shape index (κ1) is 18.9. The van der Waals surface area contributed by atoms with Gasteiger partial charge >= 0.3 is 5.97 Å². The van der Waals surface area contributed by atoms with Crippen LogP contribution in [0.5, 0.6) is 5.88 Å². The minimum atomic E-state index is -3.79. The van der Waals surface area contributed by atoms with E-state index in [1.807, 2.05) is 0 Å². The Morgan fingerprint density at radius 1 is 1.32 bits per heavy atom. The van der Waals surface area contributed by atoms with Crippen molar-refractivity contribution in [3.8, 4) is 5.88 Å². The van der Waals surface area contributed by atoms with Crippen LogP contribution in [0.15, 0.2) is 23.2 Å². The lowest BCUT2D eigenvalue weighted by Crippen LogP contribution is -2.15. The lowest BCUT2D eigenvalue weighted by Gasteiger charge is -2.12. The number of carbonyl (C=O) groups is 2. The number of aromatic hydroxyl groups is 1. The molecule has 0 fully saturated rings. The van der Waals surface area contributed by atoms with E-state index in [0.717, 1.165) is 23.2 Å². The molecule has 2 aromatic rings. The summed E-state index contributed by atoms with van der Waals surface area (Å²) in [4.78, 5) is 24.4. The summed E-state index contributed by atoms with van der Waals surface area (Å²) in [5.41, 5.74) is -0.702. The van der Waals surface area contributed by atoms with Crippen molar-refractivity contribution in [2.45, 2.75) is 11.8 Å². The zero-order valence-corrected chi connectivity index (χ0v) is 15.2. The third-order valence-corrected chi connectivity index (χ3v) is 4.91. The van der Waals surface area contributed by atoms with Crippen LogP contribution in [0.4, 0.5) is 0 Å². The predicted molar refractivity (Wildman–Crippen MR) is 88.8 cm³/mol. The van der Waals surface area contributed by atoms with E-state index < -0.39 is 27.2 Å². The van der Waals surface area contributed by atoms with Crippen molar-refractivity contribution in [1.29, 1.82) is 0 Å². The summed E-state index contributed by atoms with van der Waals surface area (Å²) >= 11 is 6.16. The van der Waals surface area contributed by atoms with Crippen molar-refractivity contribution in [2.24, 2.45) is 7.05 Å². The smallest absolute Gasteiger partial charge is 0.341 e. The highest BCUT2D eigenvalue weighted by Crippen LogP contribution is 2.31. The fourth-order valence-corrected chi connectivity index (χ4v) is 3.43. The fourth-order valence-electron chi connectivity index (χ4n) is 2.17. The van der Waals surface area contributed by atoms with Gasteiger partial charge in [0.15, 0.2) is 9.84 Å². The van der Waals surface area contributed by atoms with Crippen LogP contribution in [0.25, 0.3) is 0 Å². The summed E-state index contributed by atoms with van der Waals surface area (Å²) in [7, 11) is -2.36. The summed E-state index contributed by atoms with van der Waals surface area (Å²) in [6.07, 6.45) is 2.05. The molecule has 1 N–H and O–H groups in total. The lowest BCUT2D eigenvalue weighted by molar-refractivity contribution is 0.0522. The van der Waals surface area contributed by atoms with Crippen molar-refractivity contribution < 1.29 is 27.9 Å². The third-order valence-electron chi connectivity index (χ3n) is 3.38. The first-order valence-corrected chi connectivity index (χ1v) is 9.31. The Morgan fingerprint density at radius 2 is 1.96 bits per heavy atom. The molecule has 2 rings (SSSR count). The highest BCUT2D eigenvalue weighted by Gasteiger charge is 2.28. The van der Waals surface area contributed by atoms with E-state index >= 15 is 0 Å². The van der Waals surface area contributed by atoms with Gasteiger partial charge in [0.1, 0.15) is 5.56 Å². The number of rotatable bonds is 5. The average molecular weight is 387 g/mol. The molecule has 0 aliphatic rings. The van der Waals surface area contributed by atoms with Crippen molar-refractivity contribution in [3.05, 3.63) is 40.0 Å². The highest BCUT2D eigenvalue weighted by molar-refractivity contribution is 7.90. The number of esters is 1. The molecule has 134 valence electrons. The zero-order valence-electron chi connectivity index (χ0n) is 13.6. The molecule has 8 nitrogen and oxygen atoms in total. The quantitative estimate of drug-likeness (QED) is 0.612. The Morgan fingerprint density at radius 3 is 2.44 bits per heavy atom. The van der Waals surface area contributed by atoms with Crippen LogP contribution in [0.1, 0.15) is 33.2 Å². The molecule has 0 unspecified atom stereocenters. The van der Waals surface area contributed by atoms with Gasteiger partial charge in [0.25, 0.3) is 0 Å². The van der Waals surface area contributed by atoms with Gasteiger partial charge in [0.2, 0.25) is 11.7 Å². The molecule has 1 aromatic heterocycles. The van der Waals surface area contributed by atoms with Crippen LogP contribution in [0, 0.1) is 0 Å². The Balaban J connectivity index is 2.70. The van der Waals surface area contributed by atoms with Gasteiger partial charge < -0.3 is 9.84 Å². The summed E-state index contributed by atoms with van der Waals surface area (Å²) in [5, 5.41) is 13.2. The Kier molecular flexibility index (Phi) is 5.19. The maximum Gasteiger partial charge on any atom is 0.341 e. The van der Waals surface area contributed by atoms with Crippen LogP contribution in [0.2, 0.25) is 5.02 Å². The number of nitrogens with zero attached hydrogens (tertiary/aromatic N) is 2. The van der Waals surface area contributed by atoms with E-state index in [1.54, 1.807) is 6.92 Å². The van der Waals surface area contributed by atoms with E-state index in [9.17, 15) is 23.1 Å². The molecule has 0 aliphatic heterocycles. The second-order valence-corrected chi connectivity index (χ2v) is 7.49. The van der Waals surface area contributed by atoms with Crippen LogP contribution in [0.3, 0.4) is 0 Å². The van der Waals surface area contributed by atoms with Gasteiger partial charge in [0, 0.05) is 18.9 Å². The van der Waals surface area contributed by atoms with Gasteiger partial charge in [-0.15, -0.1) is 0 Å². The van der Waals surface area contributed by atoms with Gasteiger partial charge in [-0.2, -0.15) is 5.10 Å². The van der Waals surface area contributed by atoms with Crippen LogP contribution in [-0.2, 0) is 21.6 Å². The summed E-state index contributed by atoms with van der Waals surface area (Å²) < 4.78 is 29.8. The zero-order chi connectivity index (χ0) is 18.9. The summed E-state index contributed by atoms with van der Waals surface area (Å²) in [6.45, 7) is 1.55. The van der Waals surface area contributed by atoms with E-state index in [4.69, 9.17) is 16.3 Å². The molecular weight excluding hydrogens is 372 g/mol. The monoisotopic (exact) mass is 386 g/mol. The van der Waals surface area contributed by atoms with Gasteiger partial charge in [0.05, 0.1) is 28.3 Å². The number of benzene rings is 1. The molecule has 0 bridgehead atoms. The Labute approximate surface area is 148 Å². The molecule has 0 atom stereocenters. The first-order chi connectivity index (χ1) is 11.6. The number of sulfone groups is 1. The molecule has 0 amide bonds. The normalized spacial score (nSPS) is 11.4. The second kappa shape index (κ2) is 6.85. The SMILES string of the molecule is CCOC(=O)c1c(S(C)(=O)=O)ccc(C(=O)c2cnn(C)c2O)c1Cl. The standard InChI is InChI=1S/C15H15ClN2O6S/c1-4-24-15(21)11-10(25(3,22)23)6-5-8(12(11)16)13(19)9-7-17-18(2)14(9)20/h5-7,20H,4H2,1-3H3. The molecular formula is C15H15ClN2O6S.